The highest BCUT2D eigenvalue weighted by molar-refractivity contribution is 5.83. The minimum atomic E-state index is -0.0918. The Labute approximate surface area is 113 Å². The number of amides is 1. The van der Waals surface area contributed by atoms with Crippen LogP contribution in [0.4, 0.5) is 0 Å². The number of morpholine rings is 1. The van der Waals surface area contributed by atoms with Gasteiger partial charge in [0.1, 0.15) is 0 Å². The maximum atomic E-state index is 11.7. The molecule has 5 nitrogen and oxygen atoms in total. The van der Waals surface area contributed by atoms with Gasteiger partial charge in [0.25, 0.3) is 5.91 Å². The van der Waals surface area contributed by atoms with Crippen LogP contribution in [-0.4, -0.2) is 49.9 Å². The molecule has 0 aliphatic carbocycles. The molecule has 2 rings (SSSR count). The number of carbonyl (C=O) groups is 1. The van der Waals surface area contributed by atoms with Gasteiger partial charge in [0.05, 0.1) is 26.0 Å². The molecule has 1 heterocycles. The standard InChI is InChI=1S/C14H19N3O2/c1-12-3-2-4-13(9-12)10-15-16-14(18)11-17-5-7-19-8-6-17/h2-4,9-10H,5-8,11H2,1H3,(H,16,18)/b15-10-. The van der Waals surface area contributed by atoms with E-state index in [2.05, 4.69) is 15.4 Å². The molecule has 5 heteroatoms. The lowest BCUT2D eigenvalue weighted by molar-refractivity contribution is -0.123. The molecule has 1 aromatic rings. The summed E-state index contributed by atoms with van der Waals surface area (Å²) < 4.78 is 5.23. The fourth-order valence-corrected chi connectivity index (χ4v) is 1.93. The van der Waals surface area contributed by atoms with Gasteiger partial charge in [0.15, 0.2) is 0 Å². The lowest BCUT2D eigenvalue weighted by Gasteiger charge is -2.25. The molecule has 1 saturated heterocycles. The summed E-state index contributed by atoms with van der Waals surface area (Å²) in [5.41, 5.74) is 4.69. The van der Waals surface area contributed by atoms with Crippen molar-refractivity contribution in [3.8, 4) is 0 Å². The summed E-state index contributed by atoms with van der Waals surface area (Å²) in [6.45, 7) is 5.38. The van der Waals surface area contributed by atoms with Gasteiger partial charge < -0.3 is 4.74 Å². The van der Waals surface area contributed by atoms with Crippen LogP contribution in [0.1, 0.15) is 11.1 Å². The van der Waals surface area contributed by atoms with E-state index < -0.39 is 0 Å². The predicted octanol–water partition coefficient (Wildman–Crippen LogP) is 0.777. The Morgan fingerprint density at radius 3 is 3.00 bits per heavy atom. The highest BCUT2D eigenvalue weighted by Gasteiger charge is 2.13. The van der Waals surface area contributed by atoms with E-state index in [1.54, 1.807) is 6.21 Å². The summed E-state index contributed by atoms with van der Waals surface area (Å²) >= 11 is 0. The minimum Gasteiger partial charge on any atom is -0.379 e. The third kappa shape index (κ3) is 4.81. The van der Waals surface area contributed by atoms with Gasteiger partial charge in [-0.2, -0.15) is 5.10 Å². The molecule has 1 aliphatic heterocycles. The summed E-state index contributed by atoms with van der Waals surface area (Å²) in [6.07, 6.45) is 1.66. The Bertz CT molecular complexity index is 454. The number of hydrazone groups is 1. The number of benzene rings is 1. The van der Waals surface area contributed by atoms with E-state index in [1.165, 1.54) is 5.56 Å². The lowest BCUT2D eigenvalue weighted by Crippen LogP contribution is -2.42. The largest absolute Gasteiger partial charge is 0.379 e. The normalized spacial score (nSPS) is 16.7. The Hall–Kier alpha value is -1.72. The molecule has 1 aromatic carbocycles. The van der Waals surface area contributed by atoms with Crippen LogP contribution in [0.15, 0.2) is 29.4 Å². The first-order valence-corrected chi connectivity index (χ1v) is 6.43. The zero-order valence-corrected chi connectivity index (χ0v) is 11.1. The van der Waals surface area contributed by atoms with Gasteiger partial charge >= 0.3 is 0 Å². The molecule has 0 bridgehead atoms. The molecule has 0 radical (unpaired) electrons. The summed E-state index contributed by atoms with van der Waals surface area (Å²) in [7, 11) is 0. The van der Waals surface area contributed by atoms with Crippen LogP contribution < -0.4 is 5.43 Å². The highest BCUT2D eigenvalue weighted by atomic mass is 16.5. The van der Waals surface area contributed by atoms with Crippen LogP contribution in [0.25, 0.3) is 0 Å². The maximum absolute atomic E-state index is 11.7. The van der Waals surface area contributed by atoms with Crippen LogP contribution in [0.5, 0.6) is 0 Å². The molecular weight excluding hydrogens is 242 g/mol. The third-order valence-corrected chi connectivity index (χ3v) is 2.92. The topological polar surface area (TPSA) is 53.9 Å². The van der Waals surface area contributed by atoms with Gasteiger partial charge in [-0.1, -0.05) is 29.8 Å². The van der Waals surface area contributed by atoms with Crippen molar-refractivity contribution in [3.63, 3.8) is 0 Å². The monoisotopic (exact) mass is 261 g/mol. The van der Waals surface area contributed by atoms with Gasteiger partial charge in [0, 0.05) is 13.1 Å². The molecule has 1 fully saturated rings. The van der Waals surface area contributed by atoms with Crippen molar-refractivity contribution < 1.29 is 9.53 Å². The van der Waals surface area contributed by atoms with E-state index in [4.69, 9.17) is 4.74 Å². The first kappa shape index (κ1) is 13.7. The Morgan fingerprint density at radius 2 is 2.26 bits per heavy atom. The average molecular weight is 261 g/mol. The average Bonchev–Trinajstić information content (AvgIpc) is 2.40. The molecule has 1 amide bonds. The number of hydrogen-bond acceptors (Lipinski definition) is 4. The maximum Gasteiger partial charge on any atom is 0.254 e. The van der Waals surface area contributed by atoms with Gasteiger partial charge in [-0.3, -0.25) is 9.69 Å². The SMILES string of the molecule is Cc1cccc(/C=N\NC(=O)CN2CCOCC2)c1. The summed E-state index contributed by atoms with van der Waals surface area (Å²) in [4.78, 5) is 13.7. The Kier molecular flexibility index (Phi) is 5.06. The molecule has 0 unspecified atom stereocenters. The molecular formula is C14H19N3O2. The number of nitrogens with one attached hydrogen (secondary N) is 1. The quantitative estimate of drug-likeness (QED) is 0.643. The second-order valence-corrected chi connectivity index (χ2v) is 4.60. The fourth-order valence-electron chi connectivity index (χ4n) is 1.93. The summed E-state index contributed by atoms with van der Waals surface area (Å²) in [5.74, 6) is -0.0918. The van der Waals surface area contributed by atoms with Gasteiger partial charge in [-0.05, 0) is 12.5 Å². The Morgan fingerprint density at radius 1 is 1.47 bits per heavy atom. The van der Waals surface area contributed by atoms with Gasteiger partial charge in [0.2, 0.25) is 0 Å². The first-order chi connectivity index (χ1) is 9.24. The Balaban J connectivity index is 1.76. The van der Waals surface area contributed by atoms with E-state index in [-0.39, 0.29) is 5.91 Å². The van der Waals surface area contributed by atoms with Crippen molar-refractivity contribution in [2.24, 2.45) is 5.10 Å². The van der Waals surface area contributed by atoms with E-state index in [0.29, 0.717) is 19.8 Å². The smallest absolute Gasteiger partial charge is 0.254 e. The van der Waals surface area contributed by atoms with Crippen molar-refractivity contribution >= 4 is 12.1 Å². The van der Waals surface area contributed by atoms with Gasteiger partial charge in [-0.25, -0.2) is 5.43 Å². The molecule has 0 aromatic heterocycles. The first-order valence-electron chi connectivity index (χ1n) is 6.43. The molecule has 0 saturated carbocycles. The number of ether oxygens (including phenoxy) is 1. The number of aryl methyl sites for hydroxylation is 1. The van der Waals surface area contributed by atoms with Crippen molar-refractivity contribution in [2.45, 2.75) is 6.92 Å². The van der Waals surface area contributed by atoms with E-state index in [0.717, 1.165) is 18.7 Å². The molecule has 0 spiro atoms. The predicted molar refractivity (Wildman–Crippen MR) is 74.2 cm³/mol. The molecule has 19 heavy (non-hydrogen) atoms. The van der Waals surface area contributed by atoms with Crippen molar-refractivity contribution in [1.82, 2.24) is 10.3 Å². The zero-order chi connectivity index (χ0) is 13.5. The van der Waals surface area contributed by atoms with E-state index >= 15 is 0 Å². The molecule has 102 valence electrons. The fraction of sp³-hybridized carbons (Fsp3) is 0.429. The highest BCUT2D eigenvalue weighted by Crippen LogP contribution is 2.00. The lowest BCUT2D eigenvalue weighted by atomic mass is 10.2. The van der Waals surface area contributed by atoms with Crippen molar-refractivity contribution in [2.75, 3.05) is 32.8 Å². The van der Waals surface area contributed by atoms with Crippen LogP contribution in [0.2, 0.25) is 0 Å². The number of hydrogen-bond donors (Lipinski definition) is 1. The second-order valence-electron chi connectivity index (χ2n) is 4.60. The van der Waals surface area contributed by atoms with Crippen molar-refractivity contribution in [3.05, 3.63) is 35.4 Å². The minimum absolute atomic E-state index is 0.0918. The van der Waals surface area contributed by atoms with Crippen LogP contribution in [0, 0.1) is 6.92 Å². The molecule has 1 aliphatic rings. The molecule has 0 atom stereocenters. The van der Waals surface area contributed by atoms with Crippen LogP contribution in [0.3, 0.4) is 0 Å². The molecule has 1 N–H and O–H groups in total. The second kappa shape index (κ2) is 7.01. The van der Waals surface area contributed by atoms with Gasteiger partial charge in [-0.15, -0.1) is 0 Å². The van der Waals surface area contributed by atoms with Crippen LogP contribution >= 0.6 is 0 Å². The summed E-state index contributed by atoms with van der Waals surface area (Å²) in [6, 6.07) is 7.95. The van der Waals surface area contributed by atoms with E-state index in [1.807, 2.05) is 31.2 Å². The zero-order valence-electron chi connectivity index (χ0n) is 11.1. The van der Waals surface area contributed by atoms with Crippen molar-refractivity contribution in [1.29, 1.82) is 0 Å². The number of nitrogens with zero attached hydrogens (tertiary/aromatic N) is 2. The third-order valence-electron chi connectivity index (χ3n) is 2.92. The van der Waals surface area contributed by atoms with Crippen LogP contribution in [-0.2, 0) is 9.53 Å². The van der Waals surface area contributed by atoms with E-state index in [9.17, 15) is 4.79 Å². The number of rotatable bonds is 4. The number of carbonyl (C=O) groups excluding carboxylic acids is 1. The summed E-state index contributed by atoms with van der Waals surface area (Å²) in [5, 5.41) is 3.97.